The minimum Gasteiger partial charge on any atom is -0.481 e. The Labute approximate surface area is 117 Å². The molecule has 5 nitrogen and oxygen atoms in total. The lowest BCUT2D eigenvalue weighted by atomic mass is 9.99. The normalized spacial score (nSPS) is 20.9. The van der Waals surface area contributed by atoms with Gasteiger partial charge in [-0.1, -0.05) is 25.6 Å². The molecule has 1 aliphatic rings. The van der Waals surface area contributed by atoms with Gasteiger partial charge < -0.3 is 10.0 Å². The van der Waals surface area contributed by atoms with Crippen molar-refractivity contribution < 1.29 is 19.5 Å². The number of amides is 1. The highest BCUT2D eigenvalue weighted by atomic mass is 32.2. The zero-order valence-electron chi connectivity index (χ0n) is 11.6. The maximum Gasteiger partial charge on any atom is 0.305 e. The van der Waals surface area contributed by atoms with E-state index in [0.717, 1.165) is 0 Å². The highest BCUT2D eigenvalue weighted by Crippen LogP contribution is 2.27. The van der Waals surface area contributed by atoms with Gasteiger partial charge in [0.25, 0.3) is 0 Å². The third kappa shape index (κ3) is 4.86. The van der Waals surface area contributed by atoms with Crippen LogP contribution in [0.5, 0.6) is 0 Å². The first-order valence-electron chi connectivity index (χ1n) is 6.45. The number of hydrogen-bond donors (Lipinski definition) is 1. The number of carbonyl (C=O) groups is 3. The third-order valence-electron chi connectivity index (χ3n) is 3.31. The van der Waals surface area contributed by atoms with Crippen LogP contribution in [-0.2, 0) is 14.4 Å². The van der Waals surface area contributed by atoms with E-state index in [2.05, 4.69) is 0 Å². The Balaban J connectivity index is 2.64. The van der Waals surface area contributed by atoms with Crippen molar-refractivity contribution in [3.05, 3.63) is 0 Å². The molecular formula is C13H21NO4S. The Hall–Kier alpha value is -1.04. The van der Waals surface area contributed by atoms with Crippen molar-refractivity contribution >= 4 is 28.8 Å². The fourth-order valence-electron chi connectivity index (χ4n) is 2.36. The smallest absolute Gasteiger partial charge is 0.305 e. The van der Waals surface area contributed by atoms with Crippen LogP contribution in [0.25, 0.3) is 0 Å². The van der Waals surface area contributed by atoms with Gasteiger partial charge in [-0.2, -0.15) is 0 Å². The van der Waals surface area contributed by atoms with Gasteiger partial charge in [0.2, 0.25) is 5.91 Å². The van der Waals surface area contributed by atoms with Gasteiger partial charge in [0.1, 0.15) is 0 Å². The highest BCUT2D eigenvalue weighted by molar-refractivity contribution is 8.13. The Bertz CT molecular complexity index is 370. The molecule has 6 heteroatoms. The molecular weight excluding hydrogens is 266 g/mol. The number of nitrogens with zero attached hydrogens (tertiary/aromatic N) is 1. The molecule has 1 aliphatic heterocycles. The van der Waals surface area contributed by atoms with Crippen LogP contribution in [0, 0.1) is 11.8 Å². The fourth-order valence-corrected chi connectivity index (χ4v) is 3.05. The van der Waals surface area contributed by atoms with Crippen molar-refractivity contribution in [3.8, 4) is 0 Å². The second-order valence-corrected chi connectivity index (χ2v) is 6.52. The first kappa shape index (κ1) is 16.0. The second-order valence-electron chi connectivity index (χ2n) is 5.33. The number of hydrogen-bond acceptors (Lipinski definition) is 4. The van der Waals surface area contributed by atoms with E-state index in [1.54, 1.807) is 4.90 Å². The number of aliphatic carboxylic acids is 1. The molecule has 0 radical (unpaired) electrons. The van der Waals surface area contributed by atoms with Crippen molar-refractivity contribution in [1.29, 1.82) is 0 Å². The van der Waals surface area contributed by atoms with E-state index in [1.807, 2.05) is 13.8 Å². The molecule has 1 rings (SSSR count). The molecule has 19 heavy (non-hydrogen) atoms. The van der Waals surface area contributed by atoms with Crippen molar-refractivity contribution in [2.75, 3.05) is 12.3 Å². The number of rotatable bonds is 6. The molecule has 0 aromatic carbocycles. The Morgan fingerprint density at radius 1 is 1.47 bits per heavy atom. The Morgan fingerprint density at radius 3 is 2.58 bits per heavy atom. The lowest BCUT2D eigenvalue weighted by molar-refractivity contribution is -0.140. The molecule has 0 saturated carbocycles. The summed E-state index contributed by atoms with van der Waals surface area (Å²) in [4.78, 5) is 35.5. The van der Waals surface area contributed by atoms with Crippen LogP contribution < -0.4 is 0 Å². The fraction of sp³-hybridized carbons (Fsp3) is 0.769. The van der Waals surface area contributed by atoms with Crippen molar-refractivity contribution in [2.24, 2.45) is 11.8 Å². The molecule has 2 unspecified atom stereocenters. The first-order valence-corrected chi connectivity index (χ1v) is 7.44. The summed E-state index contributed by atoms with van der Waals surface area (Å²) >= 11 is 1.23. The molecule has 1 saturated heterocycles. The SMILES string of the molecule is CC(=O)SCC1CC(=O)N(C(CC(=O)O)C(C)C)C1. The molecule has 1 N–H and O–H groups in total. The monoisotopic (exact) mass is 287 g/mol. The number of likely N-dealkylation sites (tertiary alicyclic amines) is 1. The average Bonchev–Trinajstić information content (AvgIpc) is 2.64. The van der Waals surface area contributed by atoms with Gasteiger partial charge in [0.15, 0.2) is 5.12 Å². The summed E-state index contributed by atoms with van der Waals surface area (Å²) < 4.78 is 0. The van der Waals surface area contributed by atoms with Crippen LogP contribution in [0.2, 0.25) is 0 Å². The van der Waals surface area contributed by atoms with Crippen LogP contribution in [-0.4, -0.2) is 45.3 Å². The van der Waals surface area contributed by atoms with Gasteiger partial charge in [0, 0.05) is 31.7 Å². The van der Waals surface area contributed by atoms with E-state index in [9.17, 15) is 14.4 Å². The predicted octanol–water partition coefficient (Wildman–Crippen LogP) is 1.61. The summed E-state index contributed by atoms with van der Waals surface area (Å²) in [6, 6.07) is -0.252. The van der Waals surface area contributed by atoms with Crippen molar-refractivity contribution in [1.82, 2.24) is 4.90 Å². The predicted molar refractivity (Wildman–Crippen MR) is 73.8 cm³/mol. The van der Waals surface area contributed by atoms with Crippen LogP contribution in [0.3, 0.4) is 0 Å². The minimum atomic E-state index is -0.881. The number of carboxylic acid groups (broad SMARTS) is 1. The topological polar surface area (TPSA) is 74.7 Å². The third-order valence-corrected chi connectivity index (χ3v) is 4.36. The maximum atomic E-state index is 12.0. The number of carbonyl (C=O) groups excluding carboxylic acids is 2. The van der Waals surface area contributed by atoms with E-state index < -0.39 is 5.97 Å². The Morgan fingerprint density at radius 2 is 2.11 bits per heavy atom. The van der Waals surface area contributed by atoms with Crippen molar-refractivity contribution in [2.45, 2.75) is 39.7 Å². The van der Waals surface area contributed by atoms with Crippen LogP contribution in [0.15, 0.2) is 0 Å². The quantitative estimate of drug-likeness (QED) is 0.803. The average molecular weight is 287 g/mol. The molecule has 1 amide bonds. The van der Waals surface area contributed by atoms with Crippen LogP contribution in [0.1, 0.15) is 33.6 Å². The summed E-state index contributed by atoms with van der Waals surface area (Å²) in [5.74, 6) is 0.0213. The molecule has 0 spiro atoms. The summed E-state index contributed by atoms with van der Waals surface area (Å²) in [7, 11) is 0. The largest absolute Gasteiger partial charge is 0.481 e. The minimum absolute atomic E-state index is 0.00843. The molecule has 108 valence electrons. The van der Waals surface area contributed by atoms with E-state index in [0.29, 0.717) is 18.7 Å². The van der Waals surface area contributed by atoms with Gasteiger partial charge in [-0.3, -0.25) is 14.4 Å². The molecule has 2 atom stereocenters. The van der Waals surface area contributed by atoms with E-state index in [-0.39, 0.29) is 35.3 Å². The van der Waals surface area contributed by atoms with E-state index >= 15 is 0 Å². The summed E-state index contributed by atoms with van der Waals surface area (Å²) in [6.45, 7) is 5.94. The molecule has 1 heterocycles. The van der Waals surface area contributed by atoms with Gasteiger partial charge in [-0.05, 0) is 11.8 Å². The molecule has 0 aromatic heterocycles. The zero-order valence-corrected chi connectivity index (χ0v) is 12.4. The Kier molecular flexibility index (Phi) is 5.85. The van der Waals surface area contributed by atoms with Crippen LogP contribution in [0.4, 0.5) is 0 Å². The molecule has 1 fully saturated rings. The second kappa shape index (κ2) is 6.93. The van der Waals surface area contributed by atoms with Gasteiger partial charge in [-0.15, -0.1) is 0 Å². The number of carboxylic acids is 1. The van der Waals surface area contributed by atoms with Gasteiger partial charge in [-0.25, -0.2) is 0 Å². The first-order chi connectivity index (χ1) is 8.81. The highest BCUT2D eigenvalue weighted by Gasteiger charge is 2.36. The van der Waals surface area contributed by atoms with Crippen LogP contribution >= 0.6 is 11.8 Å². The van der Waals surface area contributed by atoms with E-state index in [4.69, 9.17) is 5.11 Å². The maximum absolute atomic E-state index is 12.0. The standard InChI is InChI=1S/C13H21NO4S/c1-8(2)11(5-13(17)18)14-6-10(4-12(14)16)7-19-9(3)15/h8,10-11H,4-7H2,1-3H3,(H,17,18). The molecule has 0 bridgehead atoms. The lowest BCUT2D eigenvalue weighted by Gasteiger charge is -2.30. The van der Waals surface area contributed by atoms with Gasteiger partial charge >= 0.3 is 5.97 Å². The molecule has 0 aromatic rings. The van der Waals surface area contributed by atoms with Gasteiger partial charge in [0.05, 0.1) is 6.42 Å². The van der Waals surface area contributed by atoms with E-state index in [1.165, 1.54) is 18.7 Å². The van der Waals surface area contributed by atoms with Crippen molar-refractivity contribution in [3.63, 3.8) is 0 Å². The summed E-state index contributed by atoms with van der Waals surface area (Å²) in [5.41, 5.74) is 0. The summed E-state index contributed by atoms with van der Waals surface area (Å²) in [6.07, 6.45) is 0.402. The number of thioether (sulfide) groups is 1. The molecule has 0 aliphatic carbocycles. The summed E-state index contributed by atoms with van der Waals surface area (Å²) in [5, 5.41) is 8.99. The zero-order chi connectivity index (χ0) is 14.6. The lowest BCUT2D eigenvalue weighted by Crippen LogP contribution is -2.41.